The molecule has 2 N–H and O–H groups in total. The third kappa shape index (κ3) is 7.39. The van der Waals surface area contributed by atoms with Crippen molar-refractivity contribution < 1.29 is 14.7 Å². The molecular weight excluding hydrogens is 354 g/mol. The topological polar surface area (TPSA) is 66.4 Å². The molecule has 1 unspecified atom stereocenters. The fourth-order valence-electron chi connectivity index (χ4n) is 3.32. The number of aliphatic carboxylic acids is 1. The number of amides is 1. The van der Waals surface area contributed by atoms with Crippen LogP contribution in [0.25, 0.3) is 0 Å². The van der Waals surface area contributed by atoms with E-state index in [1.807, 2.05) is 42.5 Å². The van der Waals surface area contributed by atoms with Crippen molar-refractivity contribution in [2.24, 2.45) is 5.92 Å². The average molecular weight is 384 g/mol. The minimum absolute atomic E-state index is 0.0400. The summed E-state index contributed by atoms with van der Waals surface area (Å²) in [4.78, 5) is 23.4. The number of benzene rings is 2. The third-order valence-corrected chi connectivity index (χ3v) is 6.48. The molecule has 27 heavy (non-hydrogen) atoms. The van der Waals surface area contributed by atoms with E-state index in [2.05, 4.69) is 31.3 Å². The lowest BCUT2D eigenvalue weighted by molar-refractivity contribution is -0.136. The summed E-state index contributed by atoms with van der Waals surface area (Å²) in [6.45, 7) is 4.32. The first-order valence-corrected chi connectivity index (χ1v) is 11.3. The highest BCUT2D eigenvalue weighted by atomic mass is 28.2. The van der Waals surface area contributed by atoms with E-state index in [9.17, 15) is 9.59 Å². The van der Waals surface area contributed by atoms with Gasteiger partial charge in [-0.25, -0.2) is 0 Å². The predicted molar refractivity (Wildman–Crippen MR) is 113 cm³/mol. The second-order valence-electron chi connectivity index (χ2n) is 7.39. The zero-order valence-corrected chi connectivity index (χ0v) is 17.6. The van der Waals surface area contributed by atoms with Gasteiger partial charge in [-0.05, 0) is 42.5 Å². The van der Waals surface area contributed by atoms with Crippen LogP contribution in [0.2, 0.25) is 6.04 Å². The van der Waals surface area contributed by atoms with Crippen molar-refractivity contribution >= 4 is 26.6 Å². The smallest absolute Gasteiger partial charge is 0.303 e. The van der Waals surface area contributed by atoms with Gasteiger partial charge >= 0.3 is 5.97 Å². The van der Waals surface area contributed by atoms with E-state index in [0.717, 1.165) is 18.9 Å². The van der Waals surface area contributed by atoms with Gasteiger partial charge in [0.05, 0.1) is 9.52 Å². The lowest BCUT2D eigenvalue weighted by Crippen LogP contribution is -2.38. The van der Waals surface area contributed by atoms with Crippen LogP contribution in [0.4, 0.5) is 0 Å². The van der Waals surface area contributed by atoms with E-state index < -0.39 is 15.5 Å². The highest BCUT2D eigenvalue weighted by Gasteiger charge is 2.17. The van der Waals surface area contributed by atoms with Gasteiger partial charge in [0.25, 0.3) is 5.91 Å². The molecular formula is C22H29NO3Si. The van der Waals surface area contributed by atoms with Gasteiger partial charge in [0.2, 0.25) is 0 Å². The Hall–Kier alpha value is -2.40. The molecule has 0 aliphatic carbocycles. The molecule has 1 atom stereocenters. The number of hydrogen-bond acceptors (Lipinski definition) is 2. The molecule has 0 saturated heterocycles. The van der Waals surface area contributed by atoms with Crippen molar-refractivity contribution in [3.63, 3.8) is 0 Å². The van der Waals surface area contributed by atoms with Gasteiger partial charge in [0, 0.05) is 18.0 Å². The van der Waals surface area contributed by atoms with Crippen LogP contribution in [-0.2, 0) is 11.2 Å². The van der Waals surface area contributed by atoms with E-state index in [0.29, 0.717) is 11.5 Å². The molecule has 0 heterocycles. The Bertz CT molecular complexity index is 746. The second-order valence-corrected chi connectivity index (χ2v) is 9.35. The Morgan fingerprint density at radius 2 is 1.70 bits per heavy atom. The Morgan fingerprint density at radius 3 is 2.37 bits per heavy atom. The second kappa shape index (κ2) is 10.7. The number of carbonyl (C=O) groups is 2. The summed E-state index contributed by atoms with van der Waals surface area (Å²) >= 11 is 0. The van der Waals surface area contributed by atoms with Crippen molar-refractivity contribution in [2.75, 3.05) is 0 Å². The van der Waals surface area contributed by atoms with Crippen LogP contribution >= 0.6 is 0 Å². The predicted octanol–water partition coefficient (Wildman–Crippen LogP) is 2.76. The maximum atomic E-state index is 12.6. The van der Waals surface area contributed by atoms with Crippen LogP contribution in [-0.4, -0.2) is 32.5 Å². The quantitative estimate of drug-likeness (QED) is 0.620. The van der Waals surface area contributed by atoms with E-state index in [-0.39, 0.29) is 18.4 Å². The van der Waals surface area contributed by atoms with Crippen LogP contribution in [0.1, 0.15) is 42.6 Å². The summed E-state index contributed by atoms with van der Waals surface area (Å²) in [6, 6.07) is 18.4. The van der Waals surface area contributed by atoms with Crippen LogP contribution in [0.5, 0.6) is 0 Å². The molecule has 0 radical (unpaired) electrons. The van der Waals surface area contributed by atoms with Gasteiger partial charge in [-0.1, -0.05) is 61.5 Å². The number of hydrogen-bond donors (Lipinski definition) is 2. The molecule has 0 saturated carbocycles. The number of carboxylic acids is 1. The number of carboxylic acid groups (broad SMARTS) is 1. The minimum Gasteiger partial charge on any atom is -0.481 e. The molecule has 144 valence electrons. The molecule has 0 bridgehead atoms. The van der Waals surface area contributed by atoms with Gasteiger partial charge in [0.1, 0.15) is 0 Å². The molecule has 0 aliphatic rings. The molecule has 0 spiro atoms. The molecule has 0 aromatic heterocycles. The number of nitrogens with one attached hydrogen (secondary N) is 1. The molecule has 0 fully saturated rings. The first-order valence-electron chi connectivity index (χ1n) is 9.60. The fourth-order valence-corrected chi connectivity index (χ4v) is 5.06. The maximum absolute atomic E-state index is 12.6. The van der Waals surface area contributed by atoms with Crippen molar-refractivity contribution in [3.8, 4) is 0 Å². The van der Waals surface area contributed by atoms with E-state index >= 15 is 0 Å². The highest BCUT2D eigenvalue weighted by Crippen LogP contribution is 2.12. The summed E-state index contributed by atoms with van der Waals surface area (Å²) in [6.07, 6.45) is 1.93. The van der Waals surface area contributed by atoms with Gasteiger partial charge in [-0.15, -0.1) is 0 Å². The molecule has 5 heteroatoms. The highest BCUT2D eigenvalue weighted by molar-refractivity contribution is 6.54. The zero-order valence-electron chi connectivity index (χ0n) is 16.2. The summed E-state index contributed by atoms with van der Waals surface area (Å²) in [5.74, 6) is -0.294. The van der Waals surface area contributed by atoms with E-state index in [1.165, 1.54) is 10.8 Å². The first-order chi connectivity index (χ1) is 13.0. The van der Waals surface area contributed by atoms with E-state index in [4.69, 9.17) is 5.11 Å². The van der Waals surface area contributed by atoms with Crippen molar-refractivity contribution in [1.82, 2.24) is 5.32 Å². The third-order valence-electron chi connectivity index (χ3n) is 4.55. The summed E-state index contributed by atoms with van der Waals surface area (Å²) in [5.41, 5.74) is 1.92. The van der Waals surface area contributed by atoms with Gasteiger partial charge < -0.3 is 10.4 Å². The van der Waals surface area contributed by atoms with Crippen molar-refractivity contribution in [1.29, 1.82) is 0 Å². The van der Waals surface area contributed by atoms with Gasteiger partial charge in [-0.3, -0.25) is 9.59 Å². The molecule has 4 nitrogen and oxygen atoms in total. The molecule has 1 amide bonds. The fraction of sp³-hybridized carbons (Fsp3) is 0.364. The zero-order chi connectivity index (χ0) is 19.6. The normalized spacial score (nSPS) is 12.4. The van der Waals surface area contributed by atoms with Crippen molar-refractivity contribution in [3.05, 3.63) is 65.7 Å². The Morgan fingerprint density at radius 1 is 1.04 bits per heavy atom. The maximum Gasteiger partial charge on any atom is 0.303 e. The van der Waals surface area contributed by atoms with Crippen LogP contribution < -0.4 is 10.5 Å². The largest absolute Gasteiger partial charge is 0.481 e. The Kier molecular flexibility index (Phi) is 8.26. The van der Waals surface area contributed by atoms with Gasteiger partial charge in [-0.2, -0.15) is 0 Å². The molecule has 2 rings (SSSR count). The minimum atomic E-state index is -0.729. The molecule has 0 aliphatic heterocycles. The lowest BCUT2D eigenvalue weighted by atomic mass is 9.96. The first kappa shape index (κ1) is 20.9. The summed E-state index contributed by atoms with van der Waals surface area (Å²) < 4.78 is 0. The summed E-state index contributed by atoms with van der Waals surface area (Å²) in [7, 11) is -0.624. The number of carbonyl (C=O) groups excluding carboxylic acids is 1. The monoisotopic (exact) mass is 383 g/mol. The van der Waals surface area contributed by atoms with Crippen LogP contribution in [0, 0.1) is 5.92 Å². The van der Waals surface area contributed by atoms with Gasteiger partial charge in [0.15, 0.2) is 0 Å². The molecule has 2 aromatic rings. The SMILES string of the molecule is CC(C)CC(Cc1ccccc1[SiH2]CCC(=O)O)NC(=O)c1ccccc1. The lowest BCUT2D eigenvalue weighted by Gasteiger charge is -2.22. The molecule has 2 aromatic carbocycles. The van der Waals surface area contributed by atoms with Crippen molar-refractivity contribution in [2.45, 2.75) is 45.2 Å². The van der Waals surface area contributed by atoms with E-state index in [1.54, 1.807) is 0 Å². The average Bonchev–Trinajstić information content (AvgIpc) is 2.63. The Labute approximate surface area is 163 Å². The van der Waals surface area contributed by atoms with Crippen LogP contribution in [0.15, 0.2) is 54.6 Å². The summed E-state index contributed by atoms with van der Waals surface area (Å²) in [5, 5.41) is 13.4. The standard InChI is InChI=1S/C22H29NO3Si/c1-16(2)14-19(23-22(26)17-8-4-3-5-9-17)15-18-10-6-7-11-20(18)27-13-12-21(24)25/h3-11,16,19H,12-15,27H2,1-2H3,(H,23,26)(H,24,25). The van der Waals surface area contributed by atoms with Crippen LogP contribution in [0.3, 0.4) is 0 Å². The Balaban J connectivity index is 2.09. The number of rotatable bonds is 10.